The van der Waals surface area contributed by atoms with Gasteiger partial charge in [-0.2, -0.15) is 10.4 Å². The number of benzene rings is 2. The average Bonchev–Trinajstić information content (AvgIpc) is 3.21. The molecule has 0 saturated heterocycles. The molecule has 0 radical (unpaired) electrons. The molecule has 0 aliphatic heterocycles. The summed E-state index contributed by atoms with van der Waals surface area (Å²) in [6.45, 7) is 0.537. The number of carbonyl (C=O) groups is 1. The Bertz CT molecular complexity index is 1380. The van der Waals surface area contributed by atoms with E-state index in [1.54, 1.807) is 35.1 Å². The van der Waals surface area contributed by atoms with E-state index in [1.165, 1.54) is 12.1 Å². The first-order valence-corrected chi connectivity index (χ1v) is 11.3. The molecule has 0 aliphatic carbocycles. The smallest absolute Gasteiger partial charge is 0.315 e. The third-order valence-electron chi connectivity index (χ3n) is 5.28. The summed E-state index contributed by atoms with van der Waals surface area (Å²) in [6, 6.07) is 20.3. The van der Waals surface area contributed by atoms with Gasteiger partial charge < -0.3 is 21.1 Å². The number of aromatic nitrogens is 3. The molecule has 2 aromatic heterocycles. The Balaban J connectivity index is 1.28. The Morgan fingerprint density at radius 2 is 1.94 bits per heavy atom. The highest BCUT2D eigenvalue weighted by molar-refractivity contribution is 5.73. The molecule has 0 atom stereocenters. The summed E-state index contributed by atoms with van der Waals surface area (Å²) in [4.78, 5) is 16.5. The largest absolute Gasteiger partial charge is 0.439 e. The van der Waals surface area contributed by atoms with Gasteiger partial charge in [0.05, 0.1) is 11.4 Å². The van der Waals surface area contributed by atoms with Crippen molar-refractivity contribution in [2.24, 2.45) is 0 Å². The van der Waals surface area contributed by atoms with E-state index in [-0.39, 0.29) is 24.3 Å². The highest BCUT2D eigenvalue weighted by atomic mass is 19.1. The second-order valence-electron chi connectivity index (χ2n) is 7.81. The van der Waals surface area contributed by atoms with Gasteiger partial charge in [0.25, 0.3) is 0 Å². The fraction of sp³-hybridized carbons (Fsp3) is 0.154. The maximum atomic E-state index is 13.4. The van der Waals surface area contributed by atoms with E-state index < -0.39 is 5.82 Å². The van der Waals surface area contributed by atoms with Crippen molar-refractivity contribution < 1.29 is 13.9 Å². The number of rotatable bonds is 9. The SMILES string of the molecule is N#Cc1c(CCCNC(=O)NCc2cccnc2Oc2cccc(F)c2)nn(-c2ccccc2)c1N. The number of nitriles is 1. The van der Waals surface area contributed by atoms with Crippen molar-refractivity contribution in [3.05, 3.63) is 95.6 Å². The number of hydrogen-bond acceptors (Lipinski definition) is 6. The van der Waals surface area contributed by atoms with Crippen LogP contribution in [0.2, 0.25) is 0 Å². The van der Waals surface area contributed by atoms with Gasteiger partial charge in [-0.15, -0.1) is 0 Å². The molecule has 4 N–H and O–H groups in total. The molecule has 0 spiro atoms. The Hall–Kier alpha value is -4.91. The van der Waals surface area contributed by atoms with E-state index in [9.17, 15) is 14.4 Å². The second-order valence-corrected chi connectivity index (χ2v) is 7.81. The zero-order chi connectivity index (χ0) is 25.3. The third-order valence-corrected chi connectivity index (χ3v) is 5.28. The fourth-order valence-electron chi connectivity index (χ4n) is 3.53. The lowest BCUT2D eigenvalue weighted by Gasteiger charge is -2.11. The number of amides is 2. The van der Waals surface area contributed by atoms with Gasteiger partial charge in [-0.25, -0.2) is 18.9 Å². The number of hydrogen-bond donors (Lipinski definition) is 3. The first-order chi connectivity index (χ1) is 17.5. The lowest BCUT2D eigenvalue weighted by Crippen LogP contribution is -2.35. The van der Waals surface area contributed by atoms with Gasteiger partial charge in [0.2, 0.25) is 5.88 Å². The van der Waals surface area contributed by atoms with Crippen LogP contribution in [0, 0.1) is 17.1 Å². The van der Waals surface area contributed by atoms with Crippen LogP contribution in [0.4, 0.5) is 15.0 Å². The summed E-state index contributed by atoms with van der Waals surface area (Å²) < 4.78 is 20.6. The number of para-hydroxylation sites is 1. The fourth-order valence-corrected chi connectivity index (χ4v) is 3.53. The Morgan fingerprint density at radius 1 is 1.11 bits per heavy atom. The third kappa shape index (κ3) is 5.95. The maximum absolute atomic E-state index is 13.4. The number of anilines is 1. The van der Waals surface area contributed by atoms with Crippen LogP contribution < -0.4 is 21.1 Å². The number of nitrogen functional groups attached to an aromatic ring is 1. The van der Waals surface area contributed by atoms with E-state index >= 15 is 0 Å². The van der Waals surface area contributed by atoms with Crippen LogP contribution in [0.25, 0.3) is 5.69 Å². The van der Waals surface area contributed by atoms with Crippen molar-refractivity contribution in [3.8, 4) is 23.4 Å². The molecule has 10 heteroatoms. The number of ether oxygens (including phenoxy) is 1. The molecular formula is C26H24FN7O2. The normalized spacial score (nSPS) is 10.4. The number of pyridine rings is 1. The molecule has 2 heterocycles. The molecule has 9 nitrogen and oxygen atoms in total. The van der Waals surface area contributed by atoms with Crippen molar-refractivity contribution in [3.63, 3.8) is 0 Å². The topological polar surface area (TPSA) is 131 Å². The monoisotopic (exact) mass is 485 g/mol. The molecule has 4 rings (SSSR count). The number of nitrogens with one attached hydrogen (secondary N) is 2. The minimum absolute atomic E-state index is 0.168. The van der Waals surface area contributed by atoms with Gasteiger partial charge in [0.1, 0.15) is 29.0 Å². The summed E-state index contributed by atoms with van der Waals surface area (Å²) in [6.07, 6.45) is 2.59. The molecule has 4 aromatic rings. The van der Waals surface area contributed by atoms with Crippen molar-refractivity contribution in [1.29, 1.82) is 5.26 Å². The summed E-state index contributed by atoms with van der Waals surface area (Å²) in [5.41, 5.74) is 8.45. The number of urea groups is 1. The van der Waals surface area contributed by atoms with Crippen LogP contribution in [0.15, 0.2) is 72.9 Å². The predicted octanol–water partition coefficient (Wildman–Crippen LogP) is 4.08. The van der Waals surface area contributed by atoms with Crippen LogP contribution in [0.5, 0.6) is 11.6 Å². The zero-order valence-corrected chi connectivity index (χ0v) is 19.3. The molecule has 0 saturated carbocycles. The number of nitrogens with zero attached hydrogens (tertiary/aromatic N) is 4. The first-order valence-electron chi connectivity index (χ1n) is 11.3. The van der Waals surface area contributed by atoms with Gasteiger partial charge in [-0.3, -0.25) is 0 Å². The summed E-state index contributed by atoms with van der Waals surface area (Å²) in [7, 11) is 0. The van der Waals surface area contributed by atoms with Gasteiger partial charge in [0, 0.05) is 30.9 Å². The molecule has 2 aromatic carbocycles. The van der Waals surface area contributed by atoms with E-state index in [0.717, 1.165) is 5.69 Å². The Morgan fingerprint density at radius 3 is 2.72 bits per heavy atom. The summed E-state index contributed by atoms with van der Waals surface area (Å²) in [5.74, 6) is 0.460. The van der Waals surface area contributed by atoms with E-state index in [2.05, 4.69) is 26.8 Å². The standard InChI is InChI=1S/C26H24FN7O2/c27-19-8-4-11-21(15-19)36-25-18(7-5-13-30-25)17-32-26(35)31-14-6-12-23-22(16-28)24(29)34(33-23)20-9-2-1-3-10-20/h1-5,7-11,13,15H,6,12,14,17,29H2,(H2,31,32,35). The number of aryl methyl sites for hydroxylation is 1. The maximum Gasteiger partial charge on any atom is 0.315 e. The molecule has 36 heavy (non-hydrogen) atoms. The van der Waals surface area contributed by atoms with Crippen LogP contribution in [0.1, 0.15) is 23.2 Å². The highest BCUT2D eigenvalue weighted by Crippen LogP contribution is 2.23. The van der Waals surface area contributed by atoms with Crippen LogP contribution >= 0.6 is 0 Å². The minimum Gasteiger partial charge on any atom is -0.439 e. The molecule has 0 aliphatic rings. The van der Waals surface area contributed by atoms with Crippen molar-refractivity contribution in [2.45, 2.75) is 19.4 Å². The molecule has 182 valence electrons. The minimum atomic E-state index is -0.418. The predicted molar refractivity (Wildman–Crippen MR) is 132 cm³/mol. The number of halogens is 1. The molecule has 0 unspecified atom stereocenters. The average molecular weight is 486 g/mol. The van der Waals surface area contributed by atoms with Gasteiger partial charge in [0.15, 0.2) is 0 Å². The summed E-state index contributed by atoms with van der Waals surface area (Å²) in [5, 5.41) is 19.5. The van der Waals surface area contributed by atoms with Crippen molar-refractivity contribution in [1.82, 2.24) is 25.4 Å². The van der Waals surface area contributed by atoms with Crippen molar-refractivity contribution >= 4 is 11.8 Å². The lowest BCUT2D eigenvalue weighted by atomic mass is 10.1. The van der Waals surface area contributed by atoms with Crippen LogP contribution in [0.3, 0.4) is 0 Å². The van der Waals surface area contributed by atoms with Crippen LogP contribution in [-0.4, -0.2) is 27.3 Å². The van der Waals surface area contributed by atoms with Crippen molar-refractivity contribution in [2.75, 3.05) is 12.3 Å². The summed E-state index contributed by atoms with van der Waals surface area (Å²) >= 11 is 0. The quantitative estimate of drug-likeness (QED) is 0.306. The Kier molecular flexibility index (Phi) is 7.73. The highest BCUT2D eigenvalue weighted by Gasteiger charge is 2.16. The number of carbonyl (C=O) groups excluding carboxylic acids is 1. The first kappa shape index (κ1) is 24.2. The zero-order valence-electron chi connectivity index (χ0n) is 19.3. The lowest BCUT2D eigenvalue weighted by molar-refractivity contribution is 0.240. The Labute approximate surface area is 207 Å². The molecular weight excluding hydrogens is 461 g/mol. The van der Waals surface area contributed by atoms with Gasteiger partial charge >= 0.3 is 6.03 Å². The van der Waals surface area contributed by atoms with Crippen LogP contribution in [-0.2, 0) is 13.0 Å². The van der Waals surface area contributed by atoms with Gasteiger partial charge in [-0.1, -0.05) is 30.3 Å². The molecule has 0 bridgehead atoms. The second kappa shape index (κ2) is 11.5. The van der Waals surface area contributed by atoms with E-state index in [0.29, 0.717) is 42.0 Å². The molecule has 2 amide bonds. The molecule has 0 fully saturated rings. The van der Waals surface area contributed by atoms with Gasteiger partial charge in [-0.05, 0) is 43.2 Å². The van der Waals surface area contributed by atoms with E-state index in [1.807, 2.05) is 30.3 Å². The van der Waals surface area contributed by atoms with E-state index in [4.69, 9.17) is 10.5 Å². The number of nitrogens with two attached hydrogens (primary N) is 1.